The van der Waals surface area contributed by atoms with E-state index in [1.165, 1.54) is 0 Å². The van der Waals surface area contributed by atoms with E-state index in [2.05, 4.69) is 23.3 Å². The van der Waals surface area contributed by atoms with Crippen molar-refractivity contribution < 1.29 is 19.0 Å². The van der Waals surface area contributed by atoms with Gasteiger partial charge < -0.3 is 18.8 Å². The van der Waals surface area contributed by atoms with Gasteiger partial charge in [-0.2, -0.15) is 0 Å². The molecule has 1 saturated heterocycles. The van der Waals surface area contributed by atoms with E-state index in [-0.39, 0.29) is 18.0 Å². The maximum Gasteiger partial charge on any atom is 0.178 e. The van der Waals surface area contributed by atoms with Crippen molar-refractivity contribution in [3.05, 3.63) is 41.2 Å². The predicted octanol–water partition coefficient (Wildman–Crippen LogP) is 3.16. The Balaban J connectivity index is 1.58. The molecule has 0 radical (unpaired) electrons. The van der Waals surface area contributed by atoms with Gasteiger partial charge in [0.1, 0.15) is 13.2 Å². The molecule has 4 rings (SSSR count). The number of nitrogens with zero attached hydrogens (tertiary/aromatic N) is 2. The Hall–Kier alpha value is -2.31. The van der Waals surface area contributed by atoms with Crippen LogP contribution < -0.4 is 9.47 Å². The largest absolute Gasteiger partial charge is 0.486 e. The molecule has 2 aliphatic rings. The molecular formula is C22H28N2O4. The summed E-state index contributed by atoms with van der Waals surface area (Å²) < 4.78 is 19.2. The topological polar surface area (TPSA) is 52.9 Å². The molecule has 0 spiro atoms. The van der Waals surface area contributed by atoms with Crippen LogP contribution in [0.25, 0.3) is 5.69 Å². The third-order valence-corrected chi connectivity index (χ3v) is 5.38. The van der Waals surface area contributed by atoms with Crippen molar-refractivity contribution in [3.8, 4) is 17.2 Å². The second-order valence-corrected chi connectivity index (χ2v) is 7.82. The number of ether oxygens (including phenoxy) is 3. The number of rotatable bonds is 4. The van der Waals surface area contributed by atoms with Crippen molar-refractivity contribution in [2.24, 2.45) is 0 Å². The number of hydrogen-bond donors (Lipinski definition) is 0. The summed E-state index contributed by atoms with van der Waals surface area (Å²) >= 11 is 0. The van der Waals surface area contributed by atoms with Gasteiger partial charge in [0.15, 0.2) is 17.3 Å². The number of morpholine rings is 1. The van der Waals surface area contributed by atoms with E-state index in [1.807, 2.05) is 38.1 Å². The lowest BCUT2D eigenvalue weighted by atomic mass is 10.1. The van der Waals surface area contributed by atoms with Crippen LogP contribution in [0.4, 0.5) is 0 Å². The smallest absolute Gasteiger partial charge is 0.178 e. The first kappa shape index (κ1) is 19.0. The molecule has 0 N–H and O–H groups in total. The Labute approximate surface area is 166 Å². The molecule has 2 aliphatic heterocycles. The minimum atomic E-state index is 0.151. The van der Waals surface area contributed by atoms with E-state index in [0.29, 0.717) is 19.8 Å². The average molecular weight is 384 g/mol. The van der Waals surface area contributed by atoms with Gasteiger partial charge in [-0.05, 0) is 45.9 Å². The summed E-state index contributed by atoms with van der Waals surface area (Å²) in [5.41, 5.74) is 3.74. The van der Waals surface area contributed by atoms with Crippen LogP contribution in [-0.2, 0) is 4.74 Å². The minimum Gasteiger partial charge on any atom is -0.486 e. The van der Waals surface area contributed by atoms with E-state index >= 15 is 0 Å². The van der Waals surface area contributed by atoms with Gasteiger partial charge in [-0.15, -0.1) is 0 Å². The summed E-state index contributed by atoms with van der Waals surface area (Å²) in [5, 5.41) is 0. The van der Waals surface area contributed by atoms with E-state index in [1.54, 1.807) is 0 Å². The minimum absolute atomic E-state index is 0.151. The maximum atomic E-state index is 13.0. The van der Waals surface area contributed by atoms with Gasteiger partial charge in [-0.1, -0.05) is 0 Å². The molecule has 1 fully saturated rings. The highest BCUT2D eigenvalue weighted by molar-refractivity contribution is 5.99. The van der Waals surface area contributed by atoms with Gasteiger partial charge in [0.2, 0.25) is 0 Å². The first-order valence-electron chi connectivity index (χ1n) is 9.92. The number of Topliss-reactive ketones (excluding diaryl/α,β-unsaturated/α-hetero) is 1. The highest BCUT2D eigenvalue weighted by Gasteiger charge is 2.26. The Kier molecular flexibility index (Phi) is 5.17. The lowest BCUT2D eigenvalue weighted by molar-refractivity contribution is -0.0652. The van der Waals surface area contributed by atoms with Crippen molar-refractivity contribution in [2.75, 3.05) is 32.8 Å². The Morgan fingerprint density at radius 3 is 2.43 bits per heavy atom. The molecule has 150 valence electrons. The number of benzene rings is 1. The van der Waals surface area contributed by atoms with Gasteiger partial charge in [0, 0.05) is 41.8 Å². The van der Waals surface area contributed by atoms with Crippen LogP contribution in [0, 0.1) is 13.8 Å². The van der Waals surface area contributed by atoms with Crippen molar-refractivity contribution >= 4 is 5.78 Å². The molecule has 2 atom stereocenters. The van der Waals surface area contributed by atoms with Gasteiger partial charge in [-0.3, -0.25) is 9.69 Å². The van der Waals surface area contributed by atoms with Crippen LogP contribution in [0.1, 0.15) is 35.6 Å². The number of fused-ring (bicyclic) bond motifs is 1. The lowest BCUT2D eigenvalue weighted by Crippen LogP contribution is -2.47. The number of ketones is 1. The molecule has 0 saturated carbocycles. The number of aryl methyl sites for hydroxylation is 1. The molecule has 0 unspecified atom stereocenters. The quantitative estimate of drug-likeness (QED) is 0.758. The summed E-state index contributed by atoms with van der Waals surface area (Å²) in [6.07, 6.45) is 0.309. The number of carbonyl (C=O) groups excluding carboxylic acids is 1. The molecule has 3 heterocycles. The van der Waals surface area contributed by atoms with E-state index in [0.717, 1.165) is 47.2 Å². The standard InChI is InChI=1S/C22H28N2O4/c1-14-9-19(20(25)13-23-11-15(2)28-16(3)12-23)17(4)24(14)18-5-6-21-22(10-18)27-8-7-26-21/h5-6,9-10,15-16H,7-8,11-13H2,1-4H3/t15-,16-/m0/s1. The first-order chi connectivity index (χ1) is 13.4. The zero-order valence-electron chi connectivity index (χ0n) is 17.0. The van der Waals surface area contributed by atoms with Crippen LogP contribution >= 0.6 is 0 Å². The number of carbonyl (C=O) groups is 1. The van der Waals surface area contributed by atoms with Gasteiger partial charge in [0.25, 0.3) is 0 Å². The molecule has 1 aromatic heterocycles. The Morgan fingerprint density at radius 2 is 1.71 bits per heavy atom. The third kappa shape index (κ3) is 3.66. The predicted molar refractivity (Wildman–Crippen MR) is 107 cm³/mol. The molecule has 0 bridgehead atoms. The average Bonchev–Trinajstić information content (AvgIpc) is 2.95. The SMILES string of the molecule is Cc1cc(C(=O)CN2C[C@H](C)O[C@@H](C)C2)c(C)n1-c1ccc2c(c1)OCCO2. The zero-order valence-corrected chi connectivity index (χ0v) is 17.0. The fourth-order valence-corrected chi connectivity index (χ4v) is 4.32. The monoisotopic (exact) mass is 384 g/mol. The fraction of sp³-hybridized carbons (Fsp3) is 0.500. The van der Waals surface area contributed by atoms with Gasteiger partial charge in [0.05, 0.1) is 18.8 Å². The Bertz CT molecular complexity index is 879. The van der Waals surface area contributed by atoms with Crippen LogP contribution in [0.2, 0.25) is 0 Å². The van der Waals surface area contributed by atoms with E-state index in [9.17, 15) is 4.79 Å². The Morgan fingerprint density at radius 1 is 1.04 bits per heavy atom. The van der Waals surface area contributed by atoms with E-state index < -0.39 is 0 Å². The second kappa shape index (κ2) is 7.60. The summed E-state index contributed by atoms with van der Waals surface area (Å²) in [4.78, 5) is 15.2. The summed E-state index contributed by atoms with van der Waals surface area (Å²) in [5.74, 6) is 1.67. The molecular weight excluding hydrogens is 356 g/mol. The van der Waals surface area contributed by atoms with Crippen LogP contribution in [0.5, 0.6) is 11.5 Å². The lowest BCUT2D eigenvalue weighted by Gasteiger charge is -2.34. The molecule has 0 aliphatic carbocycles. The van der Waals surface area contributed by atoms with Gasteiger partial charge in [-0.25, -0.2) is 0 Å². The zero-order chi connectivity index (χ0) is 19.8. The normalized spacial score (nSPS) is 22.3. The molecule has 0 amide bonds. The second-order valence-electron chi connectivity index (χ2n) is 7.82. The van der Waals surface area contributed by atoms with E-state index in [4.69, 9.17) is 14.2 Å². The molecule has 6 nitrogen and oxygen atoms in total. The van der Waals surface area contributed by atoms with Crippen molar-refractivity contribution in [1.82, 2.24) is 9.47 Å². The highest BCUT2D eigenvalue weighted by Crippen LogP contribution is 2.33. The highest BCUT2D eigenvalue weighted by atomic mass is 16.6. The summed E-state index contributed by atoms with van der Waals surface area (Å²) in [6, 6.07) is 7.91. The number of aromatic nitrogens is 1. The molecule has 1 aromatic carbocycles. The third-order valence-electron chi connectivity index (χ3n) is 5.38. The van der Waals surface area contributed by atoms with Crippen LogP contribution in [0.3, 0.4) is 0 Å². The summed E-state index contributed by atoms with van der Waals surface area (Å²) in [6.45, 7) is 11.3. The molecule has 6 heteroatoms. The van der Waals surface area contributed by atoms with Crippen molar-refractivity contribution in [1.29, 1.82) is 0 Å². The molecule has 28 heavy (non-hydrogen) atoms. The number of hydrogen-bond acceptors (Lipinski definition) is 5. The molecule has 2 aromatic rings. The van der Waals surface area contributed by atoms with Crippen LogP contribution in [-0.4, -0.2) is 60.3 Å². The maximum absolute atomic E-state index is 13.0. The van der Waals surface area contributed by atoms with Crippen molar-refractivity contribution in [2.45, 2.75) is 39.9 Å². The first-order valence-corrected chi connectivity index (χ1v) is 9.92. The van der Waals surface area contributed by atoms with Gasteiger partial charge >= 0.3 is 0 Å². The fourth-order valence-electron chi connectivity index (χ4n) is 4.32. The van der Waals surface area contributed by atoms with Crippen molar-refractivity contribution in [3.63, 3.8) is 0 Å². The van der Waals surface area contributed by atoms with Crippen LogP contribution in [0.15, 0.2) is 24.3 Å². The summed E-state index contributed by atoms with van der Waals surface area (Å²) in [7, 11) is 0.